The lowest BCUT2D eigenvalue weighted by atomic mass is 10.1. The van der Waals surface area contributed by atoms with E-state index in [1.165, 1.54) is 16.4 Å². The molecule has 1 aliphatic rings. The van der Waals surface area contributed by atoms with Crippen molar-refractivity contribution in [1.29, 1.82) is 0 Å². The first kappa shape index (κ1) is 22.3. The van der Waals surface area contributed by atoms with Crippen LogP contribution in [0.4, 0.5) is 4.39 Å². The van der Waals surface area contributed by atoms with Crippen LogP contribution < -0.4 is 5.32 Å². The molecule has 0 bridgehead atoms. The molecular formula is C23H24FN3O4S. The zero-order chi connectivity index (χ0) is 22.7. The van der Waals surface area contributed by atoms with Crippen LogP contribution in [0.15, 0.2) is 53.4 Å². The number of ether oxygens (including phenoxy) is 1. The molecule has 0 aliphatic carbocycles. The Hall–Kier alpha value is -2.88. The molecule has 0 radical (unpaired) electrons. The fourth-order valence-electron chi connectivity index (χ4n) is 3.70. The van der Waals surface area contributed by atoms with Crippen molar-refractivity contribution in [2.75, 3.05) is 32.8 Å². The van der Waals surface area contributed by atoms with Crippen LogP contribution >= 0.6 is 0 Å². The number of halogens is 1. The molecule has 1 saturated heterocycles. The lowest BCUT2D eigenvalue weighted by molar-refractivity contribution is 0.0730. The zero-order valence-corrected chi connectivity index (χ0v) is 18.5. The number of hydrogen-bond acceptors (Lipinski definition) is 5. The highest BCUT2D eigenvalue weighted by atomic mass is 32.2. The summed E-state index contributed by atoms with van der Waals surface area (Å²) in [5.74, 6) is -0.734. The minimum atomic E-state index is -3.53. The van der Waals surface area contributed by atoms with Crippen molar-refractivity contribution >= 4 is 26.8 Å². The minimum absolute atomic E-state index is 0.243. The highest BCUT2D eigenvalue weighted by Gasteiger charge is 2.26. The van der Waals surface area contributed by atoms with Crippen LogP contribution in [0.1, 0.15) is 21.6 Å². The molecule has 0 saturated carbocycles. The van der Waals surface area contributed by atoms with Crippen LogP contribution in [0.5, 0.6) is 0 Å². The molecule has 0 spiro atoms. The number of aryl methyl sites for hydroxylation is 1. The normalized spacial score (nSPS) is 15.1. The second-order valence-electron chi connectivity index (χ2n) is 7.64. The van der Waals surface area contributed by atoms with Crippen LogP contribution in [0.25, 0.3) is 10.9 Å². The molecule has 1 amide bonds. The number of carbonyl (C=O) groups excluding carboxylic acids is 1. The van der Waals surface area contributed by atoms with Crippen LogP contribution in [-0.4, -0.2) is 56.5 Å². The van der Waals surface area contributed by atoms with Gasteiger partial charge in [-0.25, -0.2) is 12.8 Å². The third kappa shape index (κ3) is 4.79. The molecule has 4 rings (SSSR count). The lowest BCUT2D eigenvalue weighted by Gasteiger charge is -2.26. The minimum Gasteiger partial charge on any atom is -0.379 e. The summed E-state index contributed by atoms with van der Waals surface area (Å²) in [7, 11) is -3.53. The number of sulfonamides is 1. The van der Waals surface area contributed by atoms with Gasteiger partial charge in [0.1, 0.15) is 5.82 Å². The summed E-state index contributed by atoms with van der Waals surface area (Å²) in [5, 5.41) is 3.32. The molecule has 1 aromatic heterocycles. The smallest absolute Gasteiger partial charge is 0.252 e. The molecule has 7 nitrogen and oxygen atoms in total. The maximum atomic E-state index is 13.7. The number of pyridine rings is 1. The number of hydrogen-bond donors (Lipinski definition) is 1. The SMILES string of the molecule is Cc1cc(C(=O)NCCc2ccc(S(=O)(=O)N3CCOCC3)cc2)c2cc(F)ccc2n1. The molecule has 2 heterocycles. The van der Waals surface area contributed by atoms with Crippen molar-refractivity contribution in [2.45, 2.75) is 18.2 Å². The average Bonchev–Trinajstić information content (AvgIpc) is 2.79. The topological polar surface area (TPSA) is 88.6 Å². The van der Waals surface area contributed by atoms with Gasteiger partial charge in [-0.3, -0.25) is 9.78 Å². The molecular weight excluding hydrogens is 433 g/mol. The number of carbonyl (C=O) groups is 1. The Balaban J connectivity index is 1.40. The molecule has 3 aromatic rings. The Labute approximate surface area is 186 Å². The van der Waals surface area contributed by atoms with Gasteiger partial charge < -0.3 is 10.1 Å². The molecule has 1 fully saturated rings. The third-order valence-corrected chi connectivity index (χ3v) is 7.29. The molecule has 9 heteroatoms. The maximum Gasteiger partial charge on any atom is 0.252 e. The Kier molecular flexibility index (Phi) is 6.50. The van der Waals surface area contributed by atoms with Crippen LogP contribution in [-0.2, 0) is 21.2 Å². The Morgan fingerprint density at radius 1 is 1.12 bits per heavy atom. The lowest BCUT2D eigenvalue weighted by Crippen LogP contribution is -2.40. The maximum absolute atomic E-state index is 13.7. The quantitative estimate of drug-likeness (QED) is 0.615. The van der Waals surface area contributed by atoms with Gasteiger partial charge in [-0.2, -0.15) is 4.31 Å². The van der Waals surface area contributed by atoms with E-state index in [0.29, 0.717) is 61.4 Å². The second kappa shape index (κ2) is 9.32. The van der Waals surface area contributed by atoms with Crippen LogP contribution in [0, 0.1) is 12.7 Å². The van der Waals surface area contributed by atoms with E-state index in [9.17, 15) is 17.6 Å². The molecule has 0 unspecified atom stereocenters. The van der Waals surface area contributed by atoms with Gasteiger partial charge in [-0.05, 0) is 55.3 Å². The molecule has 2 aromatic carbocycles. The van der Waals surface area contributed by atoms with Crippen LogP contribution in [0.2, 0.25) is 0 Å². The van der Waals surface area contributed by atoms with E-state index >= 15 is 0 Å². The molecule has 1 N–H and O–H groups in total. The summed E-state index contributed by atoms with van der Waals surface area (Å²) < 4.78 is 45.7. The summed E-state index contributed by atoms with van der Waals surface area (Å²) in [6.45, 7) is 3.64. The van der Waals surface area contributed by atoms with Crippen molar-refractivity contribution < 1.29 is 22.3 Å². The predicted octanol–water partition coefficient (Wildman–Crippen LogP) is 2.68. The second-order valence-corrected chi connectivity index (χ2v) is 9.58. The average molecular weight is 458 g/mol. The standard InChI is InChI=1S/C23H24FN3O4S/c1-16-14-21(20-15-18(24)4-7-22(20)26-16)23(28)25-9-8-17-2-5-19(6-3-17)32(29,30)27-10-12-31-13-11-27/h2-7,14-15H,8-13H2,1H3,(H,25,28). The number of fused-ring (bicyclic) bond motifs is 1. The van der Waals surface area contributed by atoms with Crippen molar-refractivity contribution in [3.63, 3.8) is 0 Å². The fraction of sp³-hybridized carbons (Fsp3) is 0.304. The third-order valence-electron chi connectivity index (χ3n) is 5.37. The number of nitrogens with zero attached hydrogens (tertiary/aromatic N) is 2. The van der Waals surface area contributed by atoms with Gasteiger partial charge >= 0.3 is 0 Å². The first-order valence-corrected chi connectivity index (χ1v) is 11.8. The number of aromatic nitrogens is 1. The summed E-state index contributed by atoms with van der Waals surface area (Å²) >= 11 is 0. The highest BCUT2D eigenvalue weighted by Crippen LogP contribution is 2.20. The number of amides is 1. The van der Waals surface area contributed by atoms with Crippen molar-refractivity contribution in [2.24, 2.45) is 0 Å². The number of nitrogens with one attached hydrogen (secondary N) is 1. The zero-order valence-electron chi connectivity index (χ0n) is 17.7. The van der Waals surface area contributed by atoms with E-state index in [-0.39, 0.29) is 10.8 Å². The molecule has 1 aliphatic heterocycles. The van der Waals surface area contributed by atoms with Crippen molar-refractivity contribution in [3.05, 3.63) is 71.2 Å². The summed E-state index contributed by atoms with van der Waals surface area (Å²) in [6, 6.07) is 12.5. The number of rotatable bonds is 6. The van der Waals surface area contributed by atoms with Gasteiger partial charge in [0, 0.05) is 30.7 Å². The van der Waals surface area contributed by atoms with E-state index in [0.717, 1.165) is 5.56 Å². The summed E-state index contributed by atoms with van der Waals surface area (Å²) in [6.07, 6.45) is 0.528. The van der Waals surface area contributed by atoms with Gasteiger partial charge in [-0.1, -0.05) is 12.1 Å². The first-order chi connectivity index (χ1) is 15.3. The van der Waals surface area contributed by atoms with Gasteiger partial charge in [0.25, 0.3) is 5.91 Å². The highest BCUT2D eigenvalue weighted by molar-refractivity contribution is 7.89. The summed E-state index contributed by atoms with van der Waals surface area (Å²) in [4.78, 5) is 17.3. The first-order valence-electron chi connectivity index (χ1n) is 10.4. The molecule has 168 valence electrons. The van der Waals surface area contributed by atoms with Crippen molar-refractivity contribution in [3.8, 4) is 0 Å². The Bertz CT molecular complexity index is 1240. The van der Waals surface area contributed by atoms with E-state index in [2.05, 4.69) is 10.3 Å². The van der Waals surface area contributed by atoms with Gasteiger partial charge in [-0.15, -0.1) is 0 Å². The van der Waals surface area contributed by atoms with Gasteiger partial charge in [0.05, 0.1) is 29.2 Å². The van der Waals surface area contributed by atoms with E-state index in [1.54, 1.807) is 43.3 Å². The van der Waals surface area contributed by atoms with Crippen molar-refractivity contribution in [1.82, 2.24) is 14.6 Å². The molecule has 32 heavy (non-hydrogen) atoms. The Morgan fingerprint density at radius 2 is 1.84 bits per heavy atom. The monoisotopic (exact) mass is 457 g/mol. The van der Waals surface area contributed by atoms with Crippen LogP contribution in [0.3, 0.4) is 0 Å². The van der Waals surface area contributed by atoms with E-state index in [1.807, 2.05) is 0 Å². The van der Waals surface area contributed by atoms with E-state index in [4.69, 9.17) is 4.74 Å². The summed E-state index contributed by atoms with van der Waals surface area (Å²) in [5.41, 5.74) is 2.51. The number of morpholine rings is 1. The number of benzene rings is 2. The fourth-order valence-corrected chi connectivity index (χ4v) is 5.11. The van der Waals surface area contributed by atoms with Gasteiger partial charge in [0.2, 0.25) is 10.0 Å². The predicted molar refractivity (Wildman–Crippen MR) is 118 cm³/mol. The largest absolute Gasteiger partial charge is 0.379 e. The van der Waals surface area contributed by atoms with Gasteiger partial charge in [0.15, 0.2) is 0 Å². The Morgan fingerprint density at radius 3 is 2.56 bits per heavy atom. The molecule has 0 atom stereocenters. The van der Waals surface area contributed by atoms with E-state index < -0.39 is 15.8 Å².